The van der Waals surface area contributed by atoms with E-state index in [1.165, 1.54) is 0 Å². The van der Waals surface area contributed by atoms with Gasteiger partial charge >= 0.3 is 6.03 Å². The second kappa shape index (κ2) is 7.84. The molecule has 0 radical (unpaired) electrons. The average Bonchev–Trinajstić information content (AvgIpc) is 2.35. The maximum absolute atomic E-state index is 11.6. The smallest absolute Gasteiger partial charge is 0.319 e. The van der Waals surface area contributed by atoms with Crippen LogP contribution < -0.4 is 15.4 Å². The Morgan fingerprint density at radius 1 is 1.14 bits per heavy atom. The molecule has 1 rings (SSSR count). The van der Waals surface area contributed by atoms with Gasteiger partial charge in [0, 0.05) is 17.9 Å². The first-order chi connectivity index (χ1) is 9.76. The van der Waals surface area contributed by atoms with Gasteiger partial charge in [-0.05, 0) is 51.3 Å². The Kier molecular flexibility index (Phi) is 6.44. The highest BCUT2D eigenvalue weighted by Crippen LogP contribution is 2.14. The van der Waals surface area contributed by atoms with Gasteiger partial charge in [0.15, 0.2) is 0 Å². The summed E-state index contributed by atoms with van der Waals surface area (Å²) in [6.07, 6.45) is 1.96. The van der Waals surface area contributed by atoms with Crippen LogP contribution in [0.15, 0.2) is 24.3 Å². The van der Waals surface area contributed by atoms with Gasteiger partial charge in [0.1, 0.15) is 0 Å². The standard InChI is InChI=1S/C13H22N4O3S/c1-17(2)10-4-9-14-13(18)15-11-5-7-12(8-6-11)16-21(3,19)20/h5-8,16H,4,9-10H2,1-3H3,(H2,14,15,18). The van der Waals surface area contributed by atoms with Gasteiger partial charge in [-0.25, -0.2) is 13.2 Å². The van der Waals surface area contributed by atoms with Crippen molar-refractivity contribution in [2.45, 2.75) is 6.42 Å². The number of hydrogen-bond donors (Lipinski definition) is 3. The van der Waals surface area contributed by atoms with Crippen molar-refractivity contribution >= 4 is 27.4 Å². The summed E-state index contributed by atoms with van der Waals surface area (Å²) in [5.41, 5.74) is 1.05. The van der Waals surface area contributed by atoms with Crippen LogP contribution in [0.3, 0.4) is 0 Å². The van der Waals surface area contributed by atoms with Crippen LogP contribution in [0.25, 0.3) is 0 Å². The Balaban J connectivity index is 2.39. The molecule has 7 nitrogen and oxygen atoms in total. The molecule has 2 amide bonds. The van der Waals surface area contributed by atoms with E-state index in [-0.39, 0.29) is 6.03 Å². The van der Waals surface area contributed by atoms with Gasteiger partial charge in [-0.2, -0.15) is 0 Å². The molecular weight excluding hydrogens is 292 g/mol. The van der Waals surface area contributed by atoms with Gasteiger partial charge in [0.05, 0.1) is 6.26 Å². The molecule has 0 aliphatic carbocycles. The largest absolute Gasteiger partial charge is 0.338 e. The van der Waals surface area contributed by atoms with Gasteiger partial charge in [-0.3, -0.25) is 4.72 Å². The molecule has 0 aliphatic rings. The topological polar surface area (TPSA) is 90.5 Å². The van der Waals surface area contributed by atoms with Crippen molar-refractivity contribution in [1.29, 1.82) is 0 Å². The van der Waals surface area contributed by atoms with Crippen LogP contribution in [0.4, 0.5) is 16.2 Å². The molecule has 3 N–H and O–H groups in total. The van der Waals surface area contributed by atoms with E-state index in [1.54, 1.807) is 24.3 Å². The fourth-order valence-electron chi connectivity index (χ4n) is 1.61. The summed E-state index contributed by atoms with van der Waals surface area (Å²) in [6, 6.07) is 6.16. The summed E-state index contributed by atoms with van der Waals surface area (Å²) >= 11 is 0. The Morgan fingerprint density at radius 2 is 1.71 bits per heavy atom. The summed E-state index contributed by atoms with van der Waals surface area (Å²) in [6.45, 7) is 1.50. The van der Waals surface area contributed by atoms with Gasteiger partial charge < -0.3 is 15.5 Å². The molecule has 0 aromatic heterocycles. The van der Waals surface area contributed by atoms with Crippen molar-refractivity contribution in [2.75, 3.05) is 43.5 Å². The van der Waals surface area contributed by atoms with E-state index in [9.17, 15) is 13.2 Å². The summed E-state index contributed by atoms with van der Waals surface area (Å²) in [5, 5.41) is 5.43. The van der Waals surface area contributed by atoms with Gasteiger partial charge in [-0.15, -0.1) is 0 Å². The van der Waals surface area contributed by atoms with Crippen LogP contribution >= 0.6 is 0 Å². The molecule has 0 bridgehead atoms. The van der Waals surface area contributed by atoms with Crippen molar-refractivity contribution < 1.29 is 13.2 Å². The molecule has 21 heavy (non-hydrogen) atoms. The van der Waals surface area contributed by atoms with E-state index < -0.39 is 10.0 Å². The van der Waals surface area contributed by atoms with Crippen LogP contribution in [0.5, 0.6) is 0 Å². The van der Waals surface area contributed by atoms with E-state index in [1.807, 2.05) is 19.0 Å². The lowest BCUT2D eigenvalue weighted by molar-refractivity contribution is 0.251. The van der Waals surface area contributed by atoms with Crippen molar-refractivity contribution in [3.05, 3.63) is 24.3 Å². The molecule has 0 spiro atoms. The normalized spacial score (nSPS) is 11.2. The first-order valence-corrected chi connectivity index (χ1v) is 8.43. The molecule has 0 saturated heterocycles. The van der Waals surface area contributed by atoms with Crippen molar-refractivity contribution in [3.8, 4) is 0 Å². The Bertz CT molecular complexity index is 555. The first kappa shape index (κ1) is 17.3. The zero-order valence-corrected chi connectivity index (χ0v) is 13.3. The Morgan fingerprint density at radius 3 is 2.24 bits per heavy atom. The monoisotopic (exact) mass is 314 g/mol. The number of carbonyl (C=O) groups is 1. The van der Waals surface area contributed by atoms with E-state index in [2.05, 4.69) is 15.4 Å². The predicted octanol–water partition coefficient (Wildman–Crippen LogP) is 1.13. The highest BCUT2D eigenvalue weighted by atomic mass is 32.2. The summed E-state index contributed by atoms with van der Waals surface area (Å²) < 4.78 is 24.5. The minimum atomic E-state index is -3.29. The molecular formula is C13H22N4O3S. The third kappa shape index (κ3) is 8.16. The number of amides is 2. The number of sulfonamides is 1. The third-order valence-corrected chi connectivity index (χ3v) is 3.12. The van der Waals surface area contributed by atoms with Crippen molar-refractivity contribution in [1.82, 2.24) is 10.2 Å². The molecule has 0 atom stereocenters. The second-order valence-corrected chi connectivity index (χ2v) is 6.74. The minimum Gasteiger partial charge on any atom is -0.338 e. The highest BCUT2D eigenvalue weighted by Gasteiger charge is 2.03. The third-order valence-electron chi connectivity index (χ3n) is 2.51. The fraction of sp³-hybridized carbons (Fsp3) is 0.462. The zero-order valence-electron chi connectivity index (χ0n) is 12.5. The molecule has 0 fully saturated rings. The molecule has 1 aromatic rings. The van der Waals surface area contributed by atoms with Crippen LogP contribution in [0, 0.1) is 0 Å². The zero-order chi connectivity index (χ0) is 15.9. The van der Waals surface area contributed by atoms with E-state index in [0.29, 0.717) is 17.9 Å². The molecule has 0 saturated carbocycles. The maximum atomic E-state index is 11.6. The number of hydrogen-bond acceptors (Lipinski definition) is 4. The number of nitrogens with zero attached hydrogens (tertiary/aromatic N) is 1. The maximum Gasteiger partial charge on any atom is 0.319 e. The Labute approximate surface area is 125 Å². The van der Waals surface area contributed by atoms with Gasteiger partial charge in [0.25, 0.3) is 0 Å². The van der Waals surface area contributed by atoms with Crippen LogP contribution in [-0.2, 0) is 10.0 Å². The quantitative estimate of drug-likeness (QED) is 0.658. The number of nitrogens with one attached hydrogen (secondary N) is 3. The molecule has 1 aromatic carbocycles. The van der Waals surface area contributed by atoms with E-state index in [0.717, 1.165) is 19.2 Å². The molecule has 8 heteroatoms. The van der Waals surface area contributed by atoms with Crippen LogP contribution in [-0.4, -0.2) is 52.8 Å². The predicted molar refractivity (Wildman–Crippen MR) is 85.1 cm³/mol. The van der Waals surface area contributed by atoms with E-state index in [4.69, 9.17) is 0 Å². The highest BCUT2D eigenvalue weighted by molar-refractivity contribution is 7.92. The average molecular weight is 314 g/mol. The lowest BCUT2D eigenvalue weighted by atomic mass is 10.3. The van der Waals surface area contributed by atoms with Crippen molar-refractivity contribution in [2.24, 2.45) is 0 Å². The fourth-order valence-corrected chi connectivity index (χ4v) is 2.17. The van der Waals surface area contributed by atoms with Crippen molar-refractivity contribution in [3.63, 3.8) is 0 Å². The summed E-state index contributed by atoms with van der Waals surface area (Å²) in [4.78, 5) is 13.7. The molecule has 118 valence electrons. The minimum absolute atomic E-state index is 0.280. The molecule has 0 unspecified atom stereocenters. The van der Waals surface area contributed by atoms with Crippen LogP contribution in [0.2, 0.25) is 0 Å². The SMILES string of the molecule is CN(C)CCCNC(=O)Nc1ccc(NS(C)(=O)=O)cc1. The molecule has 0 aliphatic heterocycles. The van der Waals surface area contributed by atoms with E-state index >= 15 is 0 Å². The summed E-state index contributed by atoms with van der Waals surface area (Å²) in [7, 11) is 0.668. The van der Waals surface area contributed by atoms with Gasteiger partial charge in [0.2, 0.25) is 10.0 Å². The second-order valence-electron chi connectivity index (χ2n) is 4.99. The lowest BCUT2D eigenvalue weighted by Crippen LogP contribution is -2.31. The molecule has 0 heterocycles. The lowest BCUT2D eigenvalue weighted by Gasteiger charge is -2.11. The van der Waals surface area contributed by atoms with Crippen LogP contribution in [0.1, 0.15) is 6.42 Å². The number of urea groups is 1. The Hall–Kier alpha value is -1.80. The number of rotatable bonds is 7. The number of carbonyl (C=O) groups excluding carboxylic acids is 1. The summed E-state index contributed by atoms with van der Waals surface area (Å²) in [5.74, 6) is 0. The number of anilines is 2. The number of benzene rings is 1. The van der Waals surface area contributed by atoms with Gasteiger partial charge in [-0.1, -0.05) is 0 Å². The first-order valence-electron chi connectivity index (χ1n) is 6.54.